The van der Waals surface area contributed by atoms with Gasteiger partial charge in [-0.2, -0.15) is 0 Å². The molecule has 0 spiro atoms. The molecule has 3 rings (SSSR count). The Kier molecular flexibility index (Phi) is 7.57. The molecule has 160 valence electrons. The average Bonchev–Trinajstić information content (AvgIpc) is 2.84. The maximum Gasteiger partial charge on any atom is 0.425 e. The Labute approximate surface area is 183 Å². The van der Waals surface area contributed by atoms with E-state index in [1.165, 1.54) is 0 Å². The molecule has 1 unspecified atom stereocenters. The molecule has 0 radical (unpaired) electrons. The fraction of sp³-hybridized carbons (Fsp3) is 0.231. The van der Waals surface area contributed by atoms with Crippen LogP contribution >= 0.6 is 0 Å². The molecule has 3 aromatic carbocycles. The molecule has 1 atom stereocenters. The van der Waals surface area contributed by atoms with E-state index in [9.17, 15) is 9.59 Å². The molecule has 0 aliphatic rings. The molecule has 5 heteroatoms. The Morgan fingerprint density at radius 3 is 1.87 bits per heavy atom. The number of hydrazine groups is 1. The van der Waals surface area contributed by atoms with Crippen molar-refractivity contribution in [1.82, 2.24) is 5.01 Å². The lowest BCUT2D eigenvalue weighted by Crippen LogP contribution is -2.49. The predicted octanol–water partition coefficient (Wildman–Crippen LogP) is 4.85. The summed E-state index contributed by atoms with van der Waals surface area (Å²) < 4.78 is 6.06. The number of ether oxygens (including phenoxy) is 1. The van der Waals surface area contributed by atoms with Crippen molar-refractivity contribution in [3.05, 3.63) is 108 Å². The molecule has 1 amide bonds. The zero-order valence-electron chi connectivity index (χ0n) is 17.7. The van der Waals surface area contributed by atoms with Gasteiger partial charge in [0.2, 0.25) is 0 Å². The van der Waals surface area contributed by atoms with E-state index in [2.05, 4.69) is 0 Å². The van der Waals surface area contributed by atoms with Gasteiger partial charge in [0.05, 0.1) is 0 Å². The fourth-order valence-electron chi connectivity index (χ4n) is 3.75. The quantitative estimate of drug-likeness (QED) is 0.234. The van der Waals surface area contributed by atoms with Gasteiger partial charge in [-0.1, -0.05) is 97.9 Å². The number of aryl methyl sites for hydroxylation is 1. The summed E-state index contributed by atoms with van der Waals surface area (Å²) in [6.45, 7) is 1.96. The van der Waals surface area contributed by atoms with Crippen LogP contribution < -0.4 is 5.84 Å². The summed E-state index contributed by atoms with van der Waals surface area (Å²) in [5, 5.41) is 0.909. The highest BCUT2D eigenvalue weighted by Crippen LogP contribution is 2.37. The minimum absolute atomic E-state index is 0.412. The molecule has 0 aromatic heterocycles. The minimum Gasteiger partial charge on any atom is -0.432 e. The van der Waals surface area contributed by atoms with Crippen LogP contribution in [-0.4, -0.2) is 23.4 Å². The normalized spacial score (nSPS) is 12.1. The molecule has 0 saturated heterocycles. The molecule has 0 aliphatic carbocycles. The van der Waals surface area contributed by atoms with E-state index in [0.29, 0.717) is 25.5 Å². The first kappa shape index (κ1) is 22.2. The first-order valence-corrected chi connectivity index (χ1v) is 10.5. The van der Waals surface area contributed by atoms with Gasteiger partial charge >= 0.3 is 6.09 Å². The van der Waals surface area contributed by atoms with Crippen LogP contribution in [-0.2, 0) is 21.6 Å². The van der Waals surface area contributed by atoms with Gasteiger partial charge in [-0.25, -0.2) is 15.6 Å². The molecular formula is C26H28N2O3. The lowest BCUT2D eigenvalue weighted by Gasteiger charge is -2.36. The molecule has 31 heavy (non-hydrogen) atoms. The van der Waals surface area contributed by atoms with Crippen molar-refractivity contribution in [2.24, 2.45) is 5.84 Å². The maximum absolute atomic E-state index is 13.1. The van der Waals surface area contributed by atoms with Crippen molar-refractivity contribution in [1.29, 1.82) is 0 Å². The van der Waals surface area contributed by atoms with Crippen LogP contribution in [0.3, 0.4) is 0 Å². The summed E-state index contributed by atoms with van der Waals surface area (Å²) in [4.78, 5) is 24.8. The Balaban J connectivity index is 1.83. The summed E-state index contributed by atoms with van der Waals surface area (Å²) in [7, 11) is 0. The van der Waals surface area contributed by atoms with Crippen molar-refractivity contribution < 1.29 is 14.3 Å². The van der Waals surface area contributed by atoms with Gasteiger partial charge in [0, 0.05) is 11.1 Å². The Morgan fingerprint density at radius 2 is 1.42 bits per heavy atom. The number of benzene rings is 3. The van der Waals surface area contributed by atoms with Crippen molar-refractivity contribution in [2.45, 2.75) is 37.8 Å². The van der Waals surface area contributed by atoms with Gasteiger partial charge in [-0.3, -0.25) is 0 Å². The largest absolute Gasteiger partial charge is 0.432 e. The fourth-order valence-corrected chi connectivity index (χ4v) is 3.75. The summed E-state index contributed by atoms with van der Waals surface area (Å²) in [6, 6.07) is 28.2. The van der Waals surface area contributed by atoms with Crippen LogP contribution in [0.1, 0.15) is 36.5 Å². The number of hydrogen-bond acceptors (Lipinski definition) is 4. The summed E-state index contributed by atoms with van der Waals surface area (Å²) in [5.74, 6) is 6.08. The second-order valence-electron chi connectivity index (χ2n) is 7.42. The summed E-state index contributed by atoms with van der Waals surface area (Å²) in [5.41, 5.74) is 1.76. The Bertz CT molecular complexity index is 922. The molecule has 0 aliphatic heterocycles. The van der Waals surface area contributed by atoms with E-state index in [1.54, 1.807) is 0 Å². The van der Waals surface area contributed by atoms with E-state index in [4.69, 9.17) is 10.6 Å². The SMILES string of the molecule is CCC(OC(=O)N(N)C(C=O)CCc1ccccc1)(c1ccccc1)c1ccccc1. The second kappa shape index (κ2) is 10.5. The van der Waals surface area contributed by atoms with Crippen molar-refractivity contribution in [2.75, 3.05) is 0 Å². The third kappa shape index (κ3) is 5.19. The van der Waals surface area contributed by atoms with E-state index < -0.39 is 17.7 Å². The molecule has 0 saturated carbocycles. The molecule has 5 nitrogen and oxygen atoms in total. The third-order valence-corrected chi connectivity index (χ3v) is 5.54. The first-order valence-electron chi connectivity index (χ1n) is 10.5. The molecule has 3 aromatic rings. The molecular weight excluding hydrogens is 388 g/mol. The summed E-state index contributed by atoms with van der Waals surface area (Å²) >= 11 is 0. The minimum atomic E-state index is -1.01. The van der Waals surface area contributed by atoms with Gasteiger partial charge in [-0.05, 0) is 24.8 Å². The number of carbonyl (C=O) groups is 2. The number of nitrogens with zero attached hydrogens (tertiary/aromatic N) is 1. The molecule has 0 bridgehead atoms. The number of aldehydes is 1. The first-order chi connectivity index (χ1) is 15.1. The van der Waals surface area contributed by atoms with Crippen LogP contribution in [0.25, 0.3) is 0 Å². The number of amides is 1. The molecule has 0 fully saturated rings. The highest BCUT2D eigenvalue weighted by Gasteiger charge is 2.38. The smallest absolute Gasteiger partial charge is 0.425 e. The van der Waals surface area contributed by atoms with Crippen molar-refractivity contribution in [3.63, 3.8) is 0 Å². The maximum atomic E-state index is 13.1. The third-order valence-electron chi connectivity index (χ3n) is 5.54. The monoisotopic (exact) mass is 416 g/mol. The topological polar surface area (TPSA) is 72.6 Å². The molecule has 0 heterocycles. The van der Waals surface area contributed by atoms with E-state index in [0.717, 1.165) is 21.7 Å². The number of rotatable bonds is 9. The van der Waals surface area contributed by atoms with Crippen LogP contribution in [0.15, 0.2) is 91.0 Å². The van der Waals surface area contributed by atoms with Crippen LogP contribution in [0.2, 0.25) is 0 Å². The van der Waals surface area contributed by atoms with Gasteiger partial charge in [0.15, 0.2) is 5.60 Å². The number of hydrogen-bond donors (Lipinski definition) is 1. The van der Waals surface area contributed by atoms with Crippen LogP contribution in [0, 0.1) is 0 Å². The number of nitrogens with two attached hydrogens (primary N) is 1. The van der Waals surface area contributed by atoms with E-state index >= 15 is 0 Å². The van der Waals surface area contributed by atoms with Gasteiger partial charge < -0.3 is 9.53 Å². The van der Waals surface area contributed by atoms with Crippen LogP contribution in [0.5, 0.6) is 0 Å². The summed E-state index contributed by atoms with van der Waals surface area (Å²) in [6.07, 6.45) is 1.51. The van der Waals surface area contributed by atoms with Gasteiger partial charge in [0.25, 0.3) is 0 Å². The van der Waals surface area contributed by atoms with Gasteiger partial charge in [-0.15, -0.1) is 0 Å². The van der Waals surface area contributed by atoms with E-state index in [1.807, 2.05) is 97.9 Å². The van der Waals surface area contributed by atoms with Crippen molar-refractivity contribution >= 4 is 12.4 Å². The van der Waals surface area contributed by atoms with Gasteiger partial charge in [0.1, 0.15) is 12.3 Å². The number of carbonyl (C=O) groups excluding carboxylic acids is 2. The highest BCUT2D eigenvalue weighted by atomic mass is 16.6. The standard InChI is InChI=1S/C26H28N2O3/c1-2-26(22-14-8-4-9-15-22,23-16-10-5-11-17-23)31-25(30)28(27)24(20-29)19-18-21-12-6-3-7-13-21/h3-17,20,24H,2,18-19,27H2,1H3. The average molecular weight is 417 g/mol. The molecule has 2 N–H and O–H groups in total. The lowest BCUT2D eigenvalue weighted by molar-refractivity contribution is -0.112. The Hall–Kier alpha value is -3.44. The predicted molar refractivity (Wildman–Crippen MR) is 121 cm³/mol. The van der Waals surface area contributed by atoms with E-state index in [-0.39, 0.29) is 0 Å². The zero-order valence-corrected chi connectivity index (χ0v) is 17.7. The highest BCUT2D eigenvalue weighted by molar-refractivity contribution is 5.73. The lowest BCUT2D eigenvalue weighted by atomic mass is 9.84. The Morgan fingerprint density at radius 1 is 0.935 bits per heavy atom. The van der Waals surface area contributed by atoms with Crippen molar-refractivity contribution in [3.8, 4) is 0 Å². The zero-order chi connectivity index (χ0) is 22.1. The van der Waals surface area contributed by atoms with Crippen LogP contribution in [0.4, 0.5) is 4.79 Å². The second-order valence-corrected chi connectivity index (χ2v) is 7.42.